The first-order valence-corrected chi connectivity index (χ1v) is 8.45. The number of aliphatic hydroxyl groups is 1. The molecule has 5 nitrogen and oxygen atoms in total. The van der Waals surface area contributed by atoms with Crippen LogP contribution >= 0.6 is 0 Å². The van der Waals surface area contributed by atoms with E-state index in [1.54, 1.807) is 7.11 Å². The van der Waals surface area contributed by atoms with Crippen molar-refractivity contribution >= 4 is 6.03 Å². The van der Waals surface area contributed by atoms with E-state index >= 15 is 0 Å². The van der Waals surface area contributed by atoms with Crippen molar-refractivity contribution in [3.63, 3.8) is 0 Å². The fourth-order valence-corrected chi connectivity index (χ4v) is 2.71. The first-order valence-electron chi connectivity index (χ1n) is 8.45. The largest absolute Gasteiger partial charge is 0.497 e. The highest BCUT2D eigenvalue weighted by molar-refractivity contribution is 5.74. The lowest BCUT2D eigenvalue weighted by atomic mass is 10.1. The van der Waals surface area contributed by atoms with Crippen molar-refractivity contribution in [3.8, 4) is 5.75 Å². The summed E-state index contributed by atoms with van der Waals surface area (Å²) in [6.07, 6.45) is 1.29. The molecule has 5 heteroatoms. The molecule has 2 atom stereocenters. The van der Waals surface area contributed by atoms with Gasteiger partial charge in [-0.15, -0.1) is 0 Å². The van der Waals surface area contributed by atoms with E-state index in [1.165, 1.54) is 0 Å². The van der Waals surface area contributed by atoms with Gasteiger partial charge < -0.3 is 20.5 Å². The van der Waals surface area contributed by atoms with Gasteiger partial charge in [0.2, 0.25) is 0 Å². The van der Waals surface area contributed by atoms with Crippen LogP contribution in [0.5, 0.6) is 5.75 Å². The normalized spacial score (nSPS) is 12.9. The maximum absolute atomic E-state index is 12.2. The number of hydrogen-bond acceptors (Lipinski definition) is 3. The zero-order valence-electron chi connectivity index (χ0n) is 14.7. The fraction of sp³-hybridized carbons (Fsp3) is 0.350. The van der Waals surface area contributed by atoms with E-state index in [0.717, 1.165) is 16.9 Å². The van der Waals surface area contributed by atoms with Crippen LogP contribution in [-0.4, -0.2) is 36.9 Å². The molecule has 0 saturated carbocycles. The zero-order valence-corrected chi connectivity index (χ0v) is 14.7. The molecule has 0 aromatic heterocycles. The Kier molecular flexibility index (Phi) is 7.29. The maximum Gasteiger partial charge on any atom is 0.315 e. The van der Waals surface area contributed by atoms with Crippen molar-refractivity contribution in [2.45, 2.75) is 31.8 Å². The number of aliphatic hydroxyl groups excluding tert-OH is 1. The summed E-state index contributed by atoms with van der Waals surface area (Å²) in [6, 6.07) is 17.0. The van der Waals surface area contributed by atoms with Crippen LogP contribution in [0.25, 0.3) is 0 Å². The second kappa shape index (κ2) is 9.69. The predicted octanol–water partition coefficient (Wildman–Crippen LogP) is 2.53. The number of methoxy groups -OCH3 is 1. The summed E-state index contributed by atoms with van der Waals surface area (Å²) in [6.45, 7) is 1.84. The Morgan fingerprint density at radius 1 is 1.04 bits per heavy atom. The second-order valence-corrected chi connectivity index (χ2v) is 6.14. The fourth-order valence-electron chi connectivity index (χ4n) is 2.71. The summed E-state index contributed by atoms with van der Waals surface area (Å²) in [4.78, 5) is 12.2. The van der Waals surface area contributed by atoms with Crippen molar-refractivity contribution in [1.82, 2.24) is 10.6 Å². The van der Waals surface area contributed by atoms with E-state index in [2.05, 4.69) is 10.6 Å². The molecule has 2 rings (SSSR count). The standard InChI is InChI=1S/C20H26N2O3/c1-15(11-17-9-6-10-19(13-17)25-2)21-20(24)22-18(14-23)12-16-7-4-3-5-8-16/h3-10,13,15,18,23H,11-12,14H2,1-2H3,(H2,21,22,24). The highest BCUT2D eigenvalue weighted by Crippen LogP contribution is 2.14. The van der Waals surface area contributed by atoms with Crippen molar-refractivity contribution < 1.29 is 14.6 Å². The van der Waals surface area contributed by atoms with Crippen LogP contribution < -0.4 is 15.4 Å². The molecule has 134 valence electrons. The van der Waals surface area contributed by atoms with Crippen molar-refractivity contribution in [1.29, 1.82) is 0 Å². The van der Waals surface area contributed by atoms with Gasteiger partial charge in [0, 0.05) is 6.04 Å². The molecular formula is C20H26N2O3. The molecule has 0 aliphatic heterocycles. The summed E-state index contributed by atoms with van der Waals surface area (Å²) in [5.41, 5.74) is 2.17. The Morgan fingerprint density at radius 3 is 2.44 bits per heavy atom. The molecule has 0 saturated heterocycles. The van der Waals surface area contributed by atoms with E-state index in [1.807, 2.05) is 61.5 Å². The number of amides is 2. The molecule has 2 amide bonds. The number of rotatable bonds is 8. The highest BCUT2D eigenvalue weighted by Gasteiger charge is 2.14. The van der Waals surface area contributed by atoms with Gasteiger partial charge in [0.15, 0.2) is 0 Å². The lowest BCUT2D eigenvalue weighted by Crippen LogP contribution is -2.48. The van der Waals surface area contributed by atoms with Crippen LogP contribution in [0.4, 0.5) is 4.79 Å². The van der Waals surface area contributed by atoms with E-state index in [4.69, 9.17) is 4.74 Å². The lowest BCUT2D eigenvalue weighted by Gasteiger charge is -2.20. The van der Waals surface area contributed by atoms with Crippen molar-refractivity contribution in [2.75, 3.05) is 13.7 Å². The van der Waals surface area contributed by atoms with Gasteiger partial charge in [-0.1, -0.05) is 42.5 Å². The Labute approximate surface area is 149 Å². The van der Waals surface area contributed by atoms with Gasteiger partial charge in [-0.25, -0.2) is 4.79 Å². The predicted molar refractivity (Wildman–Crippen MR) is 98.8 cm³/mol. The number of benzene rings is 2. The van der Waals surface area contributed by atoms with E-state index in [9.17, 15) is 9.90 Å². The van der Waals surface area contributed by atoms with Crippen molar-refractivity contribution in [3.05, 3.63) is 65.7 Å². The lowest BCUT2D eigenvalue weighted by molar-refractivity contribution is 0.213. The molecule has 2 aromatic rings. The first kappa shape index (κ1) is 18.8. The Bertz CT molecular complexity index is 661. The quantitative estimate of drug-likeness (QED) is 0.690. The third-order valence-electron chi connectivity index (χ3n) is 3.93. The minimum Gasteiger partial charge on any atom is -0.497 e. The monoisotopic (exact) mass is 342 g/mol. The molecule has 0 bridgehead atoms. The number of nitrogens with one attached hydrogen (secondary N) is 2. The molecule has 0 spiro atoms. The van der Waals surface area contributed by atoms with Gasteiger partial charge in [0.05, 0.1) is 19.8 Å². The van der Waals surface area contributed by atoms with E-state index < -0.39 is 0 Å². The van der Waals surface area contributed by atoms with Gasteiger partial charge in [0.25, 0.3) is 0 Å². The third-order valence-corrected chi connectivity index (χ3v) is 3.93. The molecule has 0 radical (unpaired) electrons. The molecule has 25 heavy (non-hydrogen) atoms. The minimum absolute atomic E-state index is 0.0387. The van der Waals surface area contributed by atoms with Crippen LogP contribution in [0.2, 0.25) is 0 Å². The summed E-state index contributed by atoms with van der Waals surface area (Å²) >= 11 is 0. The molecule has 3 N–H and O–H groups in total. The molecular weight excluding hydrogens is 316 g/mol. The number of ether oxygens (including phenoxy) is 1. The molecule has 0 aliphatic rings. The summed E-state index contributed by atoms with van der Waals surface area (Å²) in [5, 5.41) is 15.3. The van der Waals surface area contributed by atoms with Crippen LogP contribution in [-0.2, 0) is 12.8 Å². The smallest absolute Gasteiger partial charge is 0.315 e. The molecule has 0 fully saturated rings. The highest BCUT2D eigenvalue weighted by atomic mass is 16.5. The number of carbonyl (C=O) groups is 1. The van der Waals surface area contributed by atoms with Crippen LogP contribution in [0.15, 0.2) is 54.6 Å². The Morgan fingerprint density at radius 2 is 1.76 bits per heavy atom. The summed E-state index contributed by atoms with van der Waals surface area (Å²) in [7, 11) is 1.63. The second-order valence-electron chi connectivity index (χ2n) is 6.14. The number of urea groups is 1. The molecule has 0 heterocycles. The van der Waals surface area contributed by atoms with Gasteiger partial charge in [-0.3, -0.25) is 0 Å². The average molecular weight is 342 g/mol. The maximum atomic E-state index is 12.2. The van der Waals surface area contributed by atoms with Crippen LogP contribution in [0.1, 0.15) is 18.1 Å². The average Bonchev–Trinajstić information content (AvgIpc) is 2.62. The SMILES string of the molecule is COc1cccc(CC(C)NC(=O)NC(CO)Cc2ccccc2)c1. The summed E-state index contributed by atoms with van der Waals surface area (Å²) < 4.78 is 5.21. The van der Waals surface area contributed by atoms with Crippen molar-refractivity contribution in [2.24, 2.45) is 0 Å². The van der Waals surface area contributed by atoms with E-state index in [0.29, 0.717) is 12.8 Å². The number of carbonyl (C=O) groups excluding carboxylic acids is 1. The van der Waals surface area contributed by atoms with E-state index in [-0.39, 0.29) is 24.7 Å². The molecule has 0 aliphatic carbocycles. The zero-order chi connectivity index (χ0) is 18.1. The Hall–Kier alpha value is -2.53. The minimum atomic E-state index is -0.314. The number of hydrogen-bond donors (Lipinski definition) is 3. The van der Waals surface area contributed by atoms with Crippen LogP contribution in [0, 0.1) is 0 Å². The Balaban J connectivity index is 1.83. The van der Waals surface area contributed by atoms with Gasteiger partial charge in [0.1, 0.15) is 5.75 Å². The van der Waals surface area contributed by atoms with Gasteiger partial charge in [-0.05, 0) is 43.0 Å². The third kappa shape index (κ3) is 6.47. The molecule has 2 aromatic carbocycles. The topological polar surface area (TPSA) is 70.6 Å². The van der Waals surface area contributed by atoms with Gasteiger partial charge >= 0.3 is 6.03 Å². The first-order chi connectivity index (χ1) is 12.1. The van der Waals surface area contributed by atoms with Gasteiger partial charge in [-0.2, -0.15) is 0 Å². The molecule has 2 unspecified atom stereocenters. The van der Waals surface area contributed by atoms with Crippen LogP contribution in [0.3, 0.4) is 0 Å². The summed E-state index contributed by atoms with van der Waals surface area (Å²) in [5.74, 6) is 0.803.